The lowest BCUT2D eigenvalue weighted by Crippen LogP contribution is -2.25. The molecule has 0 heterocycles. The molecule has 0 aliphatic carbocycles. The van der Waals surface area contributed by atoms with Gasteiger partial charge in [-0.3, -0.25) is 0 Å². The lowest BCUT2D eigenvalue weighted by Gasteiger charge is -2.06. The Bertz CT molecular complexity index is 240. The Kier molecular flexibility index (Phi) is 12.7. The fraction of sp³-hybridized carbons (Fsp3) is 0.600. The highest BCUT2D eigenvalue weighted by atomic mass is 16.4. The van der Waals surface area contributed by atoms with Gasteiger partial charge in [-0.2, -0.15) is 0 Å². The molecular weight excluding hydrogens is 216 g/mol. The molecule has 16 heavy (non-hydrogen) atoms. The molecule has 6 nitrogen and oxygen atoms in total. The van der Waals surface area contributed by atoms with Crippen molar-refractivity contribution in [1.29, 1.82) is 0 Å². The van der Waals surface area contributed by atoms with E-state index in [2.05, 4.69) is 0 Å². The summed E-state index contributed by atoms with van der Waals surface area (Å²) in [6.45, 7) is 6.79. The summed E-state index contributed by atoms with van der Waals surface area (Å²) in [6, 6.07) is 0. The van der Waals surface area contributed by atoms with Gasteiger partial charge < -0.3 is 20.8 Å². The third kappa shape index (κ3) is 15.1. The third-order valence-electron chi connectivity index (χ3n) is 1.30. The molecule has 0 unspecified atom stereocenters. The molecular formula is C10H20O6. The van der Waals surface area contributed by atoms with E-state index in [1.807, 2.05) is 0 Å². The number of carboxylic acids is 2. The van der Waals surface area contributed by atoms with Gasteiger partial charge in [0.15, 0.2) is 6.10 Å². The molecule has 0 aliphatic heterocycles. The van der Waals surface area contributed by atoms with Crippen LogP contribution in [-0.4, -0.2) is 38.8 Å². The summed E-state index contributed by atoms with van der Waals surface area (Å²) in [5.74, 6) is -2.23. The molecule has 0 rings (SSSR count). The highest BCUT2D eigenvalue weighted by Crippen LogP contribution is 1.99. The SMILES string of the molecule is CC(C)=CC(=O)O.CC(C)[C@H](O)C(=O)O.O. The number of allylic oxidation sites excluding steroid dienone is 1. The van der Waals surface area contributed by atoms with Crippen molar-refractivity contribution in [1.82, 2.24) is 0 Å². The molecule has 0 fully saturated rings. The van der Waals surface area contributed by atoms with Crippen LogP contribution in [0.4, 0.5) is 0 Å². The normalized spacial score (nSPS) is 10.4. The van der Waals surface area contributed by atoms with E-state index in [4.69, 9.17) is 15.3 Å². The number of hydrogen-bond donors (Lipinski definition) is 3. The second kappa shape index (κ2) is 10.1. The summed E-state index contributed by atoms with van der Waals surface area (Å²) < 4.78 is 0. The van der Waals surface area contributed by atoms with Gasteiger partial charge in [-0.05, 0) is 19.8 Å². The molecule has 96 valence electrons. The Morgan fingerprint density at radius 3 is 1.50 bits per heavy atom. The first kappa shape index (κ1) is 20.1. The molecule has 0 saturated carbocycles. The van der Waals surface area contributed by atoms with Gasteiger partial charge in [0.05, 0.1) is 0 Å². The van der Waals surface area contributed by atoms with Crippen LogP contribution in [-0.2, 0) is 9.59 Å². The van der Waals surface area contributed by atoms with E-state index < -0.39 is 18.0 Å². The Morgan fingerprint density at radius 2 is 1.50 bits per heavy atom. The van der Waals surface area contributed by atoms with Gasteiger partial charge in [0.1, 0.15) is 0 Å². The van der Waals surface area contributed by atoms with Gasteiger partial charge in [0, 0.05) is 6.08 Å². The van der Waals surface area contributed by atoms with Crippen LogP contribution >= 0.6 is 0 Å². The molecule has 1 atom stereocenters. The number of hydrogen-bond acceptors (Lipinski definition) is 3. The van der Waals surface area contributed by atoms with Gasteiger partial charge in [0.2, 0.25) is 0 Å². The molecule has 0 aromatic carbocycles. The third-order valence-corrected chi connectivity index (χ3v) is 1.30. The van der Waals surface area contributed by atoms with Gasteiger partial charge in [-0.15, -0.1) is 0 Å². The molecule has 0 bridgehead atoms. The van der Waals surface area contributed by atoms with Crippen LogP contribution in [0.2, 0.25) is 0 Å². The van der Waals surface area contributed by atoms with Crippen molar-refractivity contribution in [3.05, 3.63) is 11.6 Å². The van der Waals surface area contributed by atoms with E-state index in [1.54, 1.807) is 27.7 Å². The van der Waals surface area contributed by atoms with Crippen LogP contribution in [0.25, 0.3) is 0 Å². The maximum Gasteiger partial charge on any atom is 0.332 e. The maximum atomic E-state index is 9.89. The standard InChI is InChI=1S/C5H10O3.C5H8O2.H2O/c1-3(2)4(6)5(7)8;1-4(2)3-5(6)7;/h3-4,6H,1-2H3,(H,7,8);3H,1-2H3,(H,6,7);1H2/t4-;;/m0../s1. The average molecular weight is 236 g/mol. The largest absolute Gasteiger partial charge is 0.479 e. The molecule has 5 N–H and O–H groups in total. The second-order valence-electron chi connectivity index (χ2n) is 3.59. The fourth-order valence-electron chi connectivity index (χ4n) is 0.532. The van der Waals surface area contributed by atoms with Crippen molar-refractivity contribution < 1.29 is 30.4 Å². The zero-order chi connectivity index (χ0) is 12.6. The average Bonchev–Trinajstić information content (AvgIpc) is 2.00. The highest BCUT2D eigenvalue weighted by molar-refractivity contribution is 5.80. The van der Waals surface area contributed by atoms with Gasteiger partial charge in [-0.1, -0.05) is 19.4 Å². The Labute approximate surface area is 94.5 Å². The van der Waals surface area contributed by atoms with Crippen LogP contribution in [0.3, 0.4) is 0 Å². The molecule has 6 heteroatoms. The summed E-state index contributed by atoms with van der Waals surface area (Å²) in [4.78, 5) is 19.6. The first-order chi connectivity index (χ1) is 6.68. The molecule has 0 aliphatic rings. The van der Waals surface area contributed by atoms with E-state index in [0.29, 0.717) is 0 Å². The van der Waals surface area contributed by atoms with Crippen molar-refractivity contribution in [3.8, 4) is 0 Å². The summed E-state index contributed by atoms with van der Waals surface area (Å²) in [5.41, 5.74) is 0.813. The Morgan fingerprint density at radius 1 is 1.12 bits per heavy atom. The van der Waals surface area contributed by atoms with Crippen molar-refractivity contribution >= 4 is 11.9 Å². The number of carboxylic acid groups (broad SMARTS) is 2. The van der Waals surface area contributed by atoms with Gasteiger partial charge in [0.25, 0.3) is 0 Å². The molecule has 0 aromatic heterocycles. The van der Waals surface area contributed by atoms with Crippen LogP contribution < -0.4 is 0 Å². The zero-order valence-electron chi connectivity index (χ0n) is 9.89. The first-order valence-electron chi connectivity index (χ1n) is 4.47. The van der Waals surface area contributed by atoms with E-state index >= 15 is 0 Å². The monoisotopic (exact) mass is 236 g/mol. The topological polar surface area (TPSA) is 126 Å². The molecule has 0 amide bonds. The number of aliphatic hydroxyl groups is 1. The van der Waals surface area contributed by atoms with E-state index in [0.717, 1.165) is 5.57 Å². The number of carbonyl (C=O) groups is 2. The quantitative estimate of drug-likeness (QED) is 0.607. The van der Waals surface area contributed by atoms with Crippen LogP contribution in [0.15, 0.2) is 11.6 Å². The first-order valence-corrected chi connectivity index (χ1v) is 4.47. The fourth-order valence-corrected chi connectivity index (χ4v) is 0.532. The van der Waals surface area contributed by atoms with Gasteiger partial charge in [-0.25, -0.2) is 9.59 Å². The number of aliphatic carboxylic acids is 2. The number of rotatable bonds is 3. The summed E-state index contributed by atoms with van der Waals surface area (Å²) in [7, 11) is 0. The minimum atomic E-state index is -1.21. The lowest BCUT2D eigenvalue weighted by molar-refractivity contribution is -0.148. The van der Waals surface area contributed by atoms with Gasteiger partial charge >= 0.3 is 11.9 Å². The van der Waals surface area contributed by atoms with E-state index in [1.165, 1.54) is 6.08 Å². The summed E-state index contributed by atoms with van der Waals surface area (Å²) in [6.07, 6.45) is -0.0463. The van der Waals surface area contributed by atoms with Crippen LogP contribution in [0, 0.1) is 5.92 Å². The molecule has 0 radical (unpaired) electrons. The van der Waals surface area contributed by atoms with Crippen molar-refractivity contribution in [2.24, 2.45) is 5.92 Å². The van der Waals surface area contributed by atoms with E-state index in [-0.39, 0.29) is 11.4 Å². The van der Waals surface area contributed by atoms with Crippen LogP contribution in [0.5, 0.6) is 0 Å². The smallest absolute Gasteiger partial charge is 0.332 e. The maximum absolute atomic E-state index is 9.89. The summed E-state index contributed by atoms with van der Waals surface area (Å²) in [5, 5.41) is 24.7. The van der Waals surface area contributed by atoms with Crippen LogP contribution in [0.1, 0.15) is 27.7 Å². The lowest BCUT2D eigenvalue weighted by atomic mass is 10.1. The minimum absolute atomic E-state index is 0. The predicted molar refractivity (Wildman–Crippen MR) is 59.2 cm³/mol. The minimum Gasteiger partial charge on any atom is -0.479 e. The molecule has 0 spiro atoms. The van der Waals surface area contributed by atoms with E-state index in [9.17, 15) is 9.59 Å². The van der Waals surface area contributed by atoms with Crippen molar-refractivity contribution in [3.63, 3.8) is 0 Å². The second-order valence-corrected chi connectivity index (χ2v) is 3.59. The Hall–Kier alpha value is -1.40. The number of aliphatic hydroxyl groups excluding tert-OH is 1. The molecule has 0 saturated heterocycles. The Balaban J connectivity index is -0.000000200. The summed E-state index contributed by atoms with van der Waals surface area (Å²) >= 11 is 0. The molecule has 0 aromatic rings. The van der Waals surface area contributed by atoms with Crippen molar-refractivity contribution in [2.75, 3.05) is 0 Å². The highest BCUT2D eigenvalue weighted by Gasteiger charge is 2.16. The zero-order valence-corrected chi connectivity index (χ0v) is 9.89. The van der Waals surface area contributed by atoms with Crippen molar-refractivity contribution in [2.45, 2.75) is 33.8 Å². The predicted octanol–water partition coefficient (Wildman–Crippen LogP) is 0.300.